The maximum atomic E-state index is 6.26. The molecule has 4 unspecified atom stereocenters. The van der Waals surface area contributed by atoms with E-state index < -0.39 is 0 Å². The SMILES string of the molecule is NC1CCCC2CN(CC3CCCOC3)CC12. The second kappa shape index (κ2) is 5.25. The van der Waals surface area contributed by atoms with Crippen molar-refractivity contribution < 1.29 is 4.74 Å². The molecule has 0 aromatic heterocycles. The van der Waals surface area contributed by atoms with E-state index in [1.807, 2.05) is 0 Å². The average molecular weight is 238 g/mol. The van der Waals surface area contributed by atoms with E-state index in [4.69, 9.17) is 10.5 Å². The maximum Gasteiger partial charge on any atom is 0.0506 e. The average Bonchev–Trinajstić information content (AvgIpc) is 2.74. The van der Waals surface area contributed by atoms with Gasteiger partial charge in [0.25, 0.3) is 0 Å². The molecule has 3 aliphatic rings. The van der Waals surface area contributed by atoms with Crippen LogP contribution in [0.1, 0.15) is 32.1 Å². The zero-order valence-electron chi connectivity index (χ0n) is 10.8. The summed E-state index contributed by atoms with van der Waals surface area (Å²) in [5, 5.41) is 0. The van der Waals surface area contributed by atoms with Crippen LogP contribution >= 0.6 is 0 Å². The van der Waals surface area contributed by atoms with E-state index in [9.17, 15) is 0 Å². The van der Waals surface area contributed by atoms with E-state index in [0.717, 1.165) is 31.0 Å². The van der Waals surface area contributed by atoms with Gasteiger partial charge < -0.3 is 15.4 Å². The van der Waals surface area contributed by atoms with Crippen molar-refractivity contribution in [1.29, 1.82) is 0 Å². The number of hydrogen-bond donors (Lipinski definition) is 1. The van der Waals surface area contributed by atoms with Gasteiger partial charge in [-0.1, -0.05) is 6.42 Å². The highest BCUT2D eigenvalue weighted by Gasteiger charge is 2.39. The molecule has 3 rings (SSSR count). The summed E-state index contributed by atoms with van der Waals surface area (Å²) in [6.07, 6.45) is 6.63. The maximum absolute atomic E-state index is 6.26. The molecular weight excluding hydrogens is 212 g/mol. The largest absolute Gasteiger partial charge is 0.381 e. The molecule has 0 amide bonds. The van der Waals surface area contributed by atoms with Crippen molar-refractivity contribution in [3.05, 3.63) is 0 Å². The first kappa shape index (κ1) is 11.9. The lowest BCUT2D eigenvalue weighted by atomic mass is 9.78. The molecule has 17 heavy (non-hydrogen) atoms. The molecule has 1 saturated carbocycles. The fraction of sp³-hybridized carbons (Fsp3) is 1.00. The molecule has 3 nitrogen and oxygen atoms in total. The first-order valence-corrected chi connectivity index (χ1v) is 7.38. The molecule has 0 radical (unpaired) electrons. The zero-order valence-corrected chi connectivity index (χ0v) is 10.8. The Morgan fingerprint density at radius 2 is 2.06 bits per heavy atom. The number of hydrogen-bond acceptors (Lipinski definition) is 3. The summed E-state index contributed by atoms with van der Waals surface area (Å²) in [5.74, 6) is 2.46. The van der Waals surface area contributed by atoms with Gasteiger partial charge in [-0.3, -0.25) is 0 Å². The van der Waals surface area contributed by atoms with Gasteiger partial charge in [-0.15, -0.1) is 0 Å². The molecular formula is C14H26N2O. The highest BCUT2D eigenvalue weighted by Crippen LogP contribution is 2.36. The molecule has 2 saturated heterocycles. The lowest BCUT2D eigenvalue weighted by molar-refractivity contribution is 0.0410. The Labute approximate surface area is 105 Å². The minimum absolute atomic E-state index is 0.473. The van der Waals surface area contributed by atoms with Gasteiger partial charge in [0.2, 0.25) is 0 Å². The number of fused-ring (bicyclic) bond motifs is 1. The number of ether oxygens (including phenoxy) is 1. The number of rotatable bonds is 2. The first-order valence-electron chi connectivity index (χ1n) is 7.38. The molecule has 0 bridgehead atoms. The van der Waals surface area contributed by atoms with Crippen LogP contribution in [0.4, 0.5) is 0 Å². The summed E-state index contributed by atoms with van der Waals surface area (Å²) in [6, 6.07) is 0.473. The zero-order chi connectivity index (χ0) is 11.7. The molecule has 3 heteroatoms. The first-order chi connectivity index (χ1) is 8.33. The van der Waals surface area contributed by atoms with Gasteiger partial charge in [0, 0.05) is 32.3 Å². The Bertz CT molecular complexity index is 253. The predicted molar refractivity (Wildman–Crippen MR) is 68.8 cm³/mol. The van der Waals surface area contributed by atoms with Crippen LogP contribution < -0.4 is 5.73 Å². The topological polar surface area (TPSA) is 38.5 Å². The van der Waals surface area contributed by atoms with Crippen LogP contribution in [0.2, 0.25) is 0 Å². The second-order valence-electron chi connectivity index (χ2n) is 6.32. The van der Waals surface area contributed by atoms with Gasteiger partial charge in [0.15, 0.2) is 0 Å². The minimum atomic E-state index is 0.473. The highest BCUT2D eigenvalue weighted by molar-refractivity contribution is 4.93. The smallest absolute Gasteiger partial charge is 0.0506 e. The van der Waals surface area contributed by atoms with E-state index in [2.05, 4.69) is 4.90 Å². The molecule has 0 aromatic rings. The van der Waals surface area contributed by atoms with Crippen molar-refractivity contribution in [3.63, 3.8) is 0 Å². The van der Waals surface area contributed by atoms with Crippen molar-refractivity contribution in [2.24, 2.45) is 23.5 Å². The molecule has 0 aromatic carbocycles. The standard InChI is InChI=1S/C14H26N2O/c15-14-5-1-4-12-8-16(9-13(12)14)7-11-3-2-6-17-10-11/h11-14H,1-10,15H2. The second-order valence-corrected chi connectivity index (χ2v) is 6.32. The fourth-order valence-corrected chi connectivity index (χ4v) is 4.07. The predicted octanol–water partition coefficient (Wildman–Crippen LogP) is 1.47. The Hall–Kier alpha value is -0.120. The summed E-state index contributed by atoms with van der Waals surface area (Å²) >= 11 is 0. The lowest BCUT2D eigenvalue weighted by Gasteiger charge is -2.30. The Kier molecular flexibility index (Phi) is 3.69. The van der Waals surface area contributed by atoms with Crippen LogP contribution in [-0.2, 0) is 4.74 Å². The quantitative estimate of drug-likeness (QED) is 0.792. The van der Waals surface area contributed by atoms with Crippen molar-refractivity contribution in [3.8, 4) is 0 Å². The third kappa shape index (κ3) is 2.67. The third-order valence-electron chi connectivity index (χ3n) is 5.00. The summed E-state index contributed by atoms with van der Waals surface area (Å²) in [6.45, 7) is 5.77. The van der Waals surface area contributed by atoms with Gasteiger partial charge in [-0.25, -0.2) is 0 Å². The van der Waals surface area contributed by atoms with E-state index >= 15 is 0 Å². The van der Waals surface area contributed by atoms with Gasteiger partial charge in [-0.2, -0.15) is 0 Å². The normalized spacial score (nSPS) is 43.6. The molecule has 2 heterocycles. The molecule has 1 aliphatic carbocycles. The van der Waals surface area contributed by atoms with E-state index in [1.165, 1.54) is 51.7 Å². The van der Waals surface area contributed by atoms with Crippen LogP contribution in [0.15, 0.2) is 0 Å². The molecule has 2 N–H and O–H groups in total. The van der Waals surface area contributed by atoms with Gasteiger partial charge >= 0.3 is 0 Å². The van der Waals surface area contributed by atoms with Crippen LogP contribution in [0.3, 0.4) is 0 Å². The minimum Gasteiger partial charge on any atom is -0.381 e. The fourth-order valence-electron chi connectivity index (χ4n) is 4.07. The van der Waals surface area contributed by atoms with Gasteiger partial charge in [0.1, 0.15) is 0 Å². The van der Waals surface area contributed by atoms with Crippen LogP contribution in [0.25, 0.3) is 0 Å². The van der Waals surface area contributed by atoms with Gasteiger partial charge in [-0.05, 0) is 43.4 Å². The number of likely N-dealkylation sites (tertiary alicyclic amines) is 1. The summed E-state index contributed by atoms with van der Waals surface area (Å²) < 4.78 is 5.58. The molecule has 4 atom stereocenters. The Morgan fingerprint density at radius 1 is 1.12 bits per heavy atom. The number of nitrogens with two attached hydrogens (primary N) is 1. The van der Waals surface area contributed by atoms with Crippen LogP contribution in [0.5, 0.6) is 0 Å². The lowest BCUT2D eigenvalue weighted by Crippen LogP contribution is -2.38. The van der Waals surface area contributed by atoms with Crippen LogP contribution in [0, 0.1) is 17.8 Å². The highest BCUT2D eigenvalue weighted by atomic mass is 16.5. The molecule has 0 spiro atoms. The summed E-state index contributed by atoms with van der Waals surface area (Å²) in [7, 11) is 0. The third-order valence-corrected chi connectivity index (χ3v) is 5.00. The molecule has 98 valence electrons. The molecule has 3 fully saturated rings. The van der Waals surface area contributed by atoms with Crippen molar-refractivity contribution >= 4 is 0 Å². The van der Waals surface area contributed by atoms with Crippen molar-refractivity contribution in [2.75, 3.05) is 32.8 Å². The summed E-state index contributed by atoms with van der Waals surface area (Å²) in [5.41, 5.74) is 6.26. The van der Waals surface area contributed by atoms with Crippen molar-refractivity contribution in [2.45, 2.75) is 38.1 Å². The van der Waals surface area contributed by atoms with Gasteiger partial charge in [0.05, 0.1) is 6.61 Å². The molecule has 2 aliphatic heterocycles. The number of nitrogens with zero attached hydrogens (tertiary/aromatic N) is 1. The van der Waals surface area contributed by atoms with E-state index in [0.29, 0.717) is 6.04 Å². The van der Waals surface area contributed by atoms with Crippen LogP contribution in [-0.4, -0.2) is 43.8 Å². The van der Waals surface area contributed by atoms with E-state index in [-0.39, 0.29) is 0 Å². The van der Waals surface area contributed by atoms with E-state index in [1.54, 1.807) is 0 Å². The summed E-state index contributed by atoms with van der Waals surface area (Å²) in [4.78, 5) is 2.67. The Balaban J connectivity index is 1.52. The monoisotopic (exact) mass is 238 g/mol. The van der Waals surface area contributed by atoms with Crippen molar-refractivity contribution in [1.82, 2.24) is 4.90 Å². The Morgan fingerprint density at radius 3 is 2.82 bits per heavy atom.